The van der Waals surface area contributed by atoms with E-state index in [1.54, 1.807) is 0 Å². The topological polar surface area (TPSA) is 78.0 Å². The number of amides is 1. The number of carbonyl (C=O) groups excluding carboxylic acids is 1. The number of carbonyl (C=O) groups is 1. The summed E-state index contributed by atoms with van der Waals surface area (Å²) in [4.78, 5) is 11.5. The lowest BCUT2D eigenvalue weighted by Gasteiger charge is -2.01. The molecule has 1 saturated carbocycles. The van der Waals surface area contributed by atoms with Gasteiger partial charge in [-0.1, -0.05) is 0 Å². The molecule has 3 N–H and O–H groups in total. The summed E-state index contributed by atoms with van der Waals surface area (Å²) in [6, 6.07) is 0.328. The van der Waals surface area contributed by atoms with Crippen molar-refractivity contribution in [1.29, 1.82) is 0 Å². The summed E-state index contributed by atoms with van der Waals surface area (Å²) >= 11 is 0. The van der Waals surface area contributed by atoms with Gasteiger partial charge in [-0.3, -0.25) is 9.89 Å². The van der Waals surface area contributed by atoms with Gasteiger partial charge >= 0.3 is 0 Å². The van der Waals surface area contributed by atoms with E-state index in [0.29, 0.717) is 17.3 Å². The van der Waals surface area contributed by atoms with Crippen molar-refractivity contribution in [1.82, 2.24) is 15.5 Å². The number of rotatable bonds is 3. The fraction of sp³-hybridized carbons (Fsp3) is 0.500. The van der Waals surface area contributed by atoms with Crippen molar-refractivity contribution in [2.24, 2.45) is 0 Å². The van der Waals surface area contributed by atoms with Crippen LogP contribution in [-0.4, -0.2) is 27.3 Å². The molecule has 70 valence electrons. The molecule has 0 saturated heterocycles. The third kappa shape index (κ3) is 1.70. The van der Waals surface area contributed by atoms with Gasteiger partial charge in [-0.05, 0) is 12.8 Å². The Hall–Kier alpha value is -1.36. The highest BCUT2D eigenvalue weighted by Gasteiger charge is 2.25. The molecular formula is C8H11N3O2. The van der Waals surface area contributed by atoms with Gasteiger partial charge in [0.05, 0.1) is 24.1 Å². The second-order valence-electron chi connectivity index (χ2n) is 3.17. The lowest BCUT2D eigenvalue weighted by atomic mass is 10.2. The van der Waals surface area contributed by atoms with Gasteiger partial charge < -0.3 is 10.4 Å². The van der Waals surface area contributed by atoms with E-state index in [-0.39, 0.29) is 12.5 Å². The molecule has 13 heavy (non-hydrogen) atoms. The molecular weight excluding hydrogens is 170 g/mol. The predicted octanol–water partition coefficient (Wildman–Crippen LogP) is -0.206. The van der Waals surface area contributed by atoms with Crippen LogP contribution >= 0.6 is 0 Å². The van der Waals surface area contributed by atoms with Crippen molar-refractivity contribution in [2.45, 2.75) is 25.5 Å². The van der Waals surface area contributed by atoms with E-state index in [1.165, 1.54) is 6.20 Å². The highest BCUT2D eigenvalue weighted by Crippen LogP contribution is 2.19. The summed E-state index contributed by atoms with van der Waals surface area (Å²) in [6.07, 6.45) is 3.54. The zero-order chi connectivity index (χ0) is 9.26. The van der Waals surface area contributed by atoms with Crippen LogP contribution in [0.1, 0.15) is 28.9 Å². The number of nitrogens with one attached hydrogen (secondary N) is 2. The monoisotopic (exact) mass is 181 g/mol. The van der Waals surface area contributed by atoms with Gasteiger partial charge in [-0.15, -0.1) is 0 Å². The number of aliphatic hydroxyl groups excluding tert-OH is 1. The Morgan fingerprint density at radius 2 is 2.54 bits per heavy atom. The smallest absolute Gasteiger partial charge is 0.255 e. The van der Waals surface area contributed by atoms with Gasteiger partial charge in [0.25, 0.3) is 5.91 Å². The van der Waals surface area contributed by atoms with Gasteiger partial charge in [0, 0.05) is 6.04 Å². The highest BCUT2D eigenvalue weighted by atomic mass is 16.3. The molecule has 1 aromatic rings. The summed E-state index contributed by atoms with van der Waals surface area (Å²) in [5.41, 5.74) is 0.910. The number of aromatic nitrogens is 2. The first-order valence-electron chi connectivity index (χ1n) is 4.25. The van der Waals surface area contributed by atoms with Crippen LogP contribution in [0.4, 0.5) is 0 Å². The van der Waals surface area contributed by atoms with E-state index in [9.17, 15) is 4.79 Å². The third-order valence-electron chi connectivity index (χ3n) is 2.03. The molecule has 1 fully saturated rings. The van der Waals surface area contributed by atoms with Crippen molar-refractivity contribution in [2.75, 3.05) is 0 Å². The average molecular weight is 181 g/mol. The predicted molar refractivity (Wildman–Crippen MR) is 45.0 cm³/mol. The fourth-order valence-corrected chi connectivity index (χ4v) is 1.12. The molecule has 0 aromatic carbocycles. The van der Waals surface area contributed by atoms with Crippen LogP contribution in [0.2, 0.25) is 0 Å². The molecule has 0 radical (unpaired) electrons. The summed E-state index contributed by atoms with van der Waals surface area (Å²) in [5, 5.41) is 17.9. The van der Waals surface area contributed by atoms with Crippen LogP contribution in [0.15, 0.2) is 6.20 Å². The largest absolute Gasteiger partial charge is 0.390 e. The Kier molecular flexibility index (Phi) is 2.02. The minimum Gasteiger partial charge on any atom is -0.390 e. The van der Waals surface area contributed by atoms with Crippen LogP contribution in [0.25, 0.3) is 0 Å². The molecule has 1 amide bonds. The van der Waals surface area contributed by atoms with E-state index in [2.05, 4.69) is 15.5 Å². The zero-order valence-electron chi connectivity index (χ0n) is 7.08. The molecule has 1 aliphatic carbocycles. The molecule has 1 aliphatic rings. The number of H-pyrrole nitrogens is 1. The van der Waals surface area contributed by atoms with Gasteiger partial charge in [0.1, 0.15) is 0 Å². The Balaban J connectivity index is 2.08. The second kappa shape index (κ2) is 3.18. The maximum Gasteiger partial charge on any atom is 0.255 e. The molecule has 0 aliphatic heterocycles. The molecule has 0 bridgehead atoms. The maximum absolute atomic E-state index is 11.5. The van der Waals surface area contributed by atoms with Crippen molar-refractivity contribution in [3.8, 4) is 0 Å². The van der Waals surface area contributed by atoms with E-state index in [1.807, 2.05) is 0 Å². The van der Waals surface area contributed by atoms with Crippen molar-refractivity contribution < 1.29 is 9.90 Å². The molecule has 1 heterocycles. The fourth-order valence-electron chi connectivity index (χ4n) is 1.12. The maximum atomic E-state index is 11.5. The van der Waals surface area contributed by atoms with Gasteiger partial charge in [-0.2, -0.15) is 5.10 Å². The minimum absolute atomic E-state index is 0.152. The minimum atomic E-state index is -0.187. The molecule has 0 spiro atoms. The Morgan fingerprint density at radius 3 is 3.15 bits per heavy atom. The number of nitrogens with zero attached hydrogens (tertiary/aromatic N) is 1. The first-order valence-corrected chi connectivity index (χ1v) is 4.25. The SMILES string of the molecule is O=C(NC1CC1)c1cn[nH]c1CO. The number of aromatic amines is 1. The molecule has 0 unspecified atom stereocenters. The zero-order valence-corrected chi connectivity index (χ0v) is 7.08. The van der Waals surface area contributed by atoms with Gasteiger partial charge in [0.15, 0.2) is 0 Å². The first-order chi connectivity index (χ1) is 6.31. The lowest BCUT2D eigenvalue weighted by Crippen LogP contribution is -2.25. The number of aliphatic hydroxyl groups is 1. The van der Waals surface area contributed by atoms with Crippen LogP contribution in [0, 0.1) is 0 Å². The summed E-state index contributed by atoms with van der Waals surface area (Å²) in [5.74, 6) is -0.152. The Labute approximate surface area is 75.2 Å². The van der Waals surface area contributed by atoms with Gasteiger partial charge in [-0.25, -0.2) is 0 Å². The lowest BCUT2D eigenvalue weighted by molar-refractivity contribution is 0.0948. The molecule has 5 nitrogen and oxygen atoms in total. The number of hydrogen-bond donors (Lipinski definition) is 3. The molecule has 5 heteroatoms. The standard InChI is InChI=1S/C8H11N3O2/c12-4-7-6(3-9-11-7)8(13)10-5-1-2-5/h3,5,12H,1-2,4H2,(H,9,11)(H,10,13). The highest BCUT2D eigenvalue weighted by molar-refractivity contribution is 5.95. The van der Waals surface area contributed by atoms with E-state index in [0.717, 1.165) is 12.8 Å². The van der Waals surface area contributed by atoms with Crippen LogP contribution in [0.3, 0.4) is 0 Å². The molecule has 0 atom stereocenters. The van der Waals surface area contributed by atoms with Crippen LogP contribution in [-0.2, 0) is 6.61 Å². The Bertz CT molecular complexity index is 317. The van der Waals surface area contributed by atoms with E-state index >= 15 is 0 Å². The van der Waals surface area contributed by atoms with Gasteiger partial charge in [0.2, 0.25) is 0 Å². The number of hydrogen-bond acceptors (Lipinski definition) is 3. The molecule has 1 aromatic heterocycles. The van der Waals surface area contributed by atoms with E-state index < -0.39 is 0 Å². The first kappa shape index (κ1) is 8.25. The third-order valence-corrected chi connectivity index (χ3v) is 2.03. The summed E-state index contributed by atoms with van der Waals surface area (Å²) in [6.45, 7) is -0.187. The van der Waals surface area contributed by atoms with Crippen LogP contribution in [0.5, 0.6) is 0 Å². The van der Waals surface area contributed by atoms with Crippen molar-refractivity contribution in [3.63, 3.8) is 0 Å². The van der Waals surface area contributed by atoms with Crippen LogP contribution < -0.4 is 5.32 Å². The Morgan fingerprint density at radius 1 is 1.77 bits per heavy atom. The summed E-state index contributed by atoms with van der Waals surface area (Å²) < 4.78 is 0. The van der Waals surface area contributed by atoms with Crippen molar-refractivity contribution >= 4 is 5.91 Å². The normalized spacial score (nSPS) is 15.8. The van der Waals surface area contributed by atoms with Crippen molar-refractivity contribution in [3.05, 3.63) is 17.5 Å². The summed E-state index contributed by atoms with van der Waals surface area (Å²) in [7, 11) is 0. The quantitative estimate of drug-likeness (QED) is 0.604. The second-order valence-corrected chi connectivity index (χ2v) is 3.17. The molecule has 2 rings (SSSR count). The van der Waals surface area contributed by atoms with E-state index in [4.69, 9.17) is 5.11 Å². The average Bonchev–Trinajstić information content (AvgIpc) is 2.82.